The molecule has 0 aliphatic carbocycles. The second kappa shape index (κ2) is 7.39. The van der Waals surface area contributed by atoms with E-state index < -0.39 is 5.54 Å². The summed E-state index contributed by atoms with van der Waals surface area (Å²) in [5, 5.41) is 17.5. The van der Waals surface area contributed by atoms with Crippen LogP contribution in [0.5, 0.6) is 0 Å². The molecule has 0 saturated carbocycles. The summed E-state index contributed by atoms with van der Waals surface area (Å²) in [6, 6.07) is 12.4. The molecule has 5 heteroatoms. The summed E-state index contributed by atoms with van der Waals surface area (Å²) in [4.78, 5) is 0. The van der Waals surface area contributed by atoms with Gasteiger partial charge in [0.25, 0.3) is 0 Å². The van der Waals surface area contributed by atoms with Crippen molar-refractivity contribution in [2.45, 2.75) is 31.8 Å². The first kappa shape index (κ1) is 15.7. The van der Waals surface area contributed by atoms with Gasteiger partial charge in [-0.05, 0) is 34.5 Å². The predicted octanol–water partition coefficient (Wildman–Crippen LogP) is 3.45. The summed E-state index contributed by atoms with van der Waals surface area (Å²) in [6.07, 6.45) is 5.34. The van der Waals surface area contributed by atoms with E-state index in [9.17, 15) is 5.26 Å². The number of rotatable bonds is 7. The monoisotopic (exact) mass is 346 g/mol. The molecule has 1 heterocycles. The number of nitrogens with zero attached hydrogens (tertiary/aromatic N) is 3. The molecule has 0 aliphatic heterocycles. The highest BCUT2D eigenvalue weighted by Crippen LogP contribution is 2.25. The quantitative estimate of drug-likeness (QED) is 0.835. The maximum absolute atomic E-state index is 9.79. The smallest absolute Gasteiger partial charge is 0.134 e. The molecule has 1 N–H and O–H groups in total. The molecule has 2 rings (SSSR count). The molecular formula is C16H19BrN4. The van der Waals surface area contributed by atoms with Gasteiger partial charge in [-0.2, -0.15) is 10.4 Å². The van der Waals surface area contributed by atoms with Gasteiger partial charge in [0.2, 0.25) is 0 Å². The highest BCUT2D eigenvalue weighted by atomic mass is 79.9. The van der Waals surface area contributed by atoms with Gasteiger partial charge in [-0.15, -0.1) is 0 Å². The van der Waals surface area contributed by atoms with Gasteiger partial charge in [0.1, 0.15) is 5.54 Å². The van der Waals surface area contributed by atoms with Crippen molar-refractivity contribution in [1.29, 1.82) is 5.26 Å². The SMILES string of the molecule is CCCNC(C#N)(CCn1cc(Br)cn1)c1ccccc1. The number of hydrogen-bond donors (Lipinski definition) is 1. The van der Waals surface area contributed by atoms with Gasteiger partial charge in [-0.25, -0.2) is 0 Å². The summed E-state index contributed by atoms with van der Waals surface area (Å²) in [5.41, 5.74) is 0.336. The van der Waals surface area contributed by atoms with Crippen LogP contribution >= 0.6 is 15.9 Å². The van der Waals surface area contributed by atoms with Crippen molar-refractivity contribution in [2.75, 3.05) is 6.54 Å². The topological polar surface area (TPSA) is 53.6 Å². The number of halogens is 1. The van der Waals surface area contributed by atoms with Crippen molar-refractivity contribution in [3.8, 4) is 6.07 Å². The molecule has 1 atom stereocenters. The summed E-state index contributed by atoms with van der Waals surface area (Å²) < 4.78 is 2.80. The first-order chi connectivity index (χ1) is 10.2. The standard InChI is InChI=1S/C16H19BrN4/c1-2-9-19-16(13-18,14-6-4-3-5-7-14)8-10-21-12-15(17)11-20-21/h3-7,11-12,19H,2,8-10H2,1H3. The van der Waals surface area contributed by atoms with E-state index in [0.29, 0.717) is 13.0 Å². The molecule has 0 radical (unpaired) electrons. The lowest BCUT2D eigenvalue weighted by Crippen LogP contribution is -2.42. The molecule has 0 spiro atoms. The van der Waals surface area contributed by atoms with E-state index in [1.165, 1.54) is 0 Å². The molecule has 110 valence electrons. The maximum Gasteiger partial charge on any atom is 0.134 e. The van der Waals surface area contributed by atoms with Gasteiger partial charge in [-0.1, -0.05) is 37.3 Å². The molecule has 0 fully saturated rings. The van der Waals surface area contributed by atoms with Gasteiger partial charge in [0.05, 0.1) is 16.7 Å². The van der Waals surface area contributed by atoms with Crippen LogP contribution in [0.3, 0.4) is 0 Å². The van der Waals surface area contributed by atoms with E-state index in [1.807, 2.05) is 41.2 Å². The summed E-state index contributed by atoms with van der Waals surface area (Å²) in [6.45, 7) is 3.60. The maximum atomic E-state index is 9.79. The Morgan fingerprint density at radius 2 is 2.14 bits per heavy atom. The molecule has 1 aromatic carbocycles. The molecule has 1 aromatic heterocycles. The lowest BCUT2D eigenvalue weighted by molar-refractivity contribution is 0.364. The van der Waals surface area contributed by atoms with E-state index in [4.69, 9.17) is 0 Å². The molecule has 0 aliphatic rings. The first-order valence-electron chi connectivity index (χ1n) is 7.10. The largest absolute Gasteiger partial charge is 0.296 e. The van der Waals surface area contributed by atoms with Gasteiger partial charge >= 0.3 is 0 Å². The third-order valence-corrected chi connectivity index (χ3v) is 3.86. The van der Waals surface area contributed by atoms with Crippen molar-refractivity contribution in [3.63, 3.8) is 0 Å². The fraction of sp³-hybridized carbons (Fsp3) is 0.375. The summed E-state index contributed by atoms with van der Waals surface area (Å²) in [5.74, 6) is 0. The predicted molar refractivity (Wildman–Crippen MR) is 86.6 cm³/mol. The van der Waals surface area contributed by atoms with Crippen LogP contribution in [0.15, 0.2) is 47.2 Å². The number of hydrogen-bond acceptors (Lipinski definition) is 3. The van der Waals surface area contributed by atoms with Crippen LogP contribution in [0.2, 0.25) is 0 Å². The Hall–Kier alpha value is -1.64. The molecule has 4 nitrogen and oxygen atoms in total. The fourth-order valence-corrected chi connectivity index (χ4v) is 2.63. The molecule has 0 amide bonds. The van der Waals surface area contributed by atoms with Crippen LogP contribution in [0, 0.1) is 11.3 Å². The Balaban J connectivity index is 2.20. The van der Waals surface area contributed by atoms with Crippen LogP contribution in [0.25, 0.3) is 0 Å². The van der Waals surface area contributed by atoms with Gasteiger partial charge in [0, 0.05) is 19.2 Å². The summed E-state index contributed by atoms with van der Waals surface area (Å²) >= 11 is 3.39. The van der Waals surface area contributed by atoms with Crippen molar-refractivity contribution in [2.24, 2.45) is 0 Å². The van der Waals surface area contributed by atoms with Gasteiger partial charge in [0.15, 0.2) is 0 Å². The van der Waals surface area contributed by atoms with E-state index in [1.54, 1.807) is 6.20 Å². The number of aryl methyl sites for hydroxylation is 1. The lowest BCUT2D eigenvalue weighted by atomic mass is 9.87. The van der Waals surface area contributed by atoms with E-state index in [-0.39, 0.29) is 0 Å². The van der Waals surface area contributed by atoms with E-state index in [2.05, 4.69) is 39.3 Å². The van der Waals surface area contributed by atoms with Crippen molar-refractivity contribution >= 4 is 15.9 Å². The zero-order valence-corrected chi connectivity index (χ0v) is 13.7. The third-order valence-electron chi connectivity index (χ3n) is 3.45. The van der Waals surface area contributed by atoms with Crippen LogP contribution in [-0.2, 0) is 12.1 Å². The first-order valence-corrected chi connectivity index (χ1v) is 7.89. The number of nitrogens with one attached hydrogen (secondary N) is 1. The zero-order valence-electron chi connectivity index (χ0n) is 12.1. The average Bonchev–Trinajstić information content (AvgIpc) is 2.95. The normalized spacial score (nSPS) is 13.6. The van der Waals surface area contributed by atoms with Crippen molar-refractivity contribution in [3.05, 3.63) is 52.8 Å². The van der Waals surface area contributed by atoms with Crippen molar-refractivity contribution < 1.29 is 0 Å². The Labute approximate surface area is 133 Å². The number of nitriles is 1. The minimum atomic E-state index is -0.671. The second-order valence-corrected chi connectivity index (χ2v) is 5.90. The minimum Gasteiger partial charge on any atom is -0.296 e. The van der Waals surface area contributed by atoms with Crippen LogP contribution in [-0.4, -0.2) is 16.3 Å². The average molecular weight is 347 g/mol. The highest BCUT2D eigenvalue weighted by molar-refractivity contribution is 9.10. The minimum absolute atomic E-state index is 0.668. The third kappa shape index (κ3) is 3.93. The molecule has 1 unspecified atom stereocenters. The zero-order chi connectivity index (χ0) is 15.1. The Kier molecular flexibility index (Phi) is 5.54. The van der Waals surface area contributed by atoms with E-state index >= 15 is 0 Å². The van der Waals surface area contributed by atoms with Gasteiger partial charge in [-0.3, -0.25) is 10.00 Å². The Morgan fingerprint density at radius 1 is 1.38 bits per heavy atom. The molecule has 0 saturated heterocycles. The van der Waals surface area contributed by atoms with Crippen LogP contribution in [0.4, 0.5) is 0 Å². The molecule has 2 aromatic rings. The van der Waals surface area contributed by atoms with Crippen molar-refractivity contribution in [1.82, 2.24) is 15.1 Å². The molecular weight excluding hydrogens is 328 g/mol. The van der Waals surface area contributed by atoms with Crippen LogP contribution in [0.1, 0.15) is 25.3 Å². The molecule has 0 bridgehead atoms. The number of aromatic nitrogens is 2. The van der Waals surface area contributed by atoms with Crippen LogP contribution < -0.4 is 5.32 Å². The highest BCUT2D eigenvalue weighted by Gasteiger charge is 2.31. The second-order valence-electron chi connectivity index (χ2n) is 4.98. The van der Waals surface area contributed by atoms with E-state index in [0.717, 1.165) is 23.0 Å². The lowest BCUT2D eigenvalue weighted by Gasteiger charge is -2.28. The summed E-state index contributed by atoms with van der Waals surface area (Å²) in [7, 11) is 0. The van der Waals surface area contributed by atoms with Gasteiger partial charge < -0.3 is 0 Å². The number of benzene rings is 1. The fourth-order valence-electron chi connectivity index (χ4n) is 2.30. The Morgan fingerprint density at radius 3 is 2.71 bits per heavy atom. The molecule has 21 heavy (non-hydrogen) atoms. The Bertz CT molecular complexity index is 602.